The van der Waals surface area contributed by atoms with E-state index in [1.165, 1.54) is 18.3 Å². The van der Waals surface area contributed by atoms with Crippen LogP contribution in [0, 0.1) is 6.92 Å². The van der Waals surface area contributed by atoms with Gasteiger partial charge in [-0.15, -0.1) is 11.3 Å². The second-order valence-electron chi connectivity index (χ2n) is 4.60. The van der Waals surface area contributed by atoms with Gasteiger partial charge in [0.15, 0.2) is 0 Å². The summed E-state index contributed by atoms with van der Waals surface area (Å²) >= 11 is 13.5. The van der Waals surface area contributed by atoms with Crippen molar-refractivity contribution in [3.63, 3.8) is 0 Å². The summed E-state index contributed by atoms with van der Waals surface area (Å²) in [5.41, 5.74) is 0.901. The van der Waals surface area contributed by atoms with Crippen molar-refractivity contribution in [3.05, 3.63) is 26.1 Å². The van der Waals surface area contributed by atoms with E-state index in [2.05, 4.69) is 25.6 Å². The zero-order valence-corrected chi connectivity index (χ0v) is 14.6. The molecule has 1 unspecified atom stereocenters. The molecule has 0 aliphatic carbocycles. The third kappa shape index (κ3) is 4.28. The first-order valence-electron chi connectivity index (χ1n) is 6.60. The third-order valence-electron chi connectivity index (χ3n) is 2.81. The SMILES string of the molecule is CCC(Nc1nc(C)nc(NC(C)=O)n1)c1cc(Cl)sc1Cl. The van der Waals surface area contributed by atoms with Gasteiger partial charge in [-0.3, -0.25) is 10.1 Å². The lowest BCUT2D eigenvalue weighted by atomic mass is 10.1. The van der Waals surface area contributed by atoms with Crippen LogP contribution in [0.3, 0.4) is 0 Å². The summed E-state index contributed by atoms with van der Waals surface area (Å²) in [6, 6.07) is 1.75. The number of hydrogen-bond acceptors (Lipinski definition) is 6. The van der Waals surface area contributed by atoms with Crippen molar-refractivity contribution in [2.45, 2.75) is 33.2 Å². The molecular weight excluding hydrogens is 345 g/mol. The lowest BCUT2D eigenvalue weighted by Gasteiger charge is -2.17. The first-order chi connectivity index (χ1) is 10.4. The minimum absolute atomic E-state index is 0.0803. The first-order valence-corrected chi connectivity index (χ1v) is 8.17. The molecule has 2 aromatic rings. The highest BCUT2D eigenvalue weighted by Gasteiger charge is 2.18. The molecule has 6 nitrogen and oxygen atoms in total. The van der Waals surface area contributed by atoms with Crippen LogP contribution < -0.4 is 10.6 Å². The predicted molar refractivity (Wildman–Crippen MR) is 89.9 cm³/mol. The van der Waals surface area contributed by atoms with Crippen molar-refractivity contribution in [1.82, 2.24) is 15.0 Å². The van der Waals surface area contributed by atoms with Crippen molar-refractivity contribution in [2.24, 2.45) is 0 Å². The lowest BCUT2D eigenvalue weighted by Crippen LogP contribution is -2.16. The molecule has 0 fully saturated rings. The number of thiophene rings is 1. The Morgan fingerprint density at radius 1 is 1.32 bits per heavy atom. The van der Waals surface area contributed by atoms with Gasteiger partial charge >= 0.3 is 0 Å². The highest BCUT2D eigenvalue weighted by molar-refractivity contribution is 7.20. The van der Waals surface area contributed by atoms with Gasteiger partial charge in [0, 0.05) is 12.5 Å². The third-order valence-corrected chi connectivity index (χ3v) is 4.32. The number of amides is 1. The van der Waals surface area contributed by atoms with E-state index < -0.39 is 0 Å². The topological polar surface area (TPSA) is 79.8 Å². The second-order valence-corrected chi connectivity index (χ2v) is 6.88. The molecule has 9 heteroatoms. The smallest absolute Gasteiger partial charge is 0.234 e. The standard InChI is InChI=1S/C13H15Cl2N5OS/c1-4-9(8-5-10(14)22-11(8)15)19-13-17-6(2)16-12(20-13)18-7(3)21/h5,9H,4H2,1-3H3,(H2,16,17,18,19,20,21). The normalized spacial score (nSPS) is 12.0. The van der Waals surface area contributed by atoms with Crippen LogP contribution in [-0.4, -0.2) is 20.9 Å². The van der Waals surface area contributed by atoms with Crippen LogP contribution >= 0.6 is 34.5 Å². The number of aryl methyl sites for hydroxylation is 1. The average Bonchev–Trinajstić information content (AvgIpc) is 2.73. The zero-order chi connectivity index (χ0) is 16.3. The number of carbonyl (C=O) groups is 1. The summed E-state index contributed by atoms with van der Waals surface area (Å²) in [6.07, 6.45) is 0.771. The van der Waals surface area contributed by atoms with Crippen molar-refractivity contribution in [1.29, 1.82) is 0 Å². The quantitative estimate of drug-likeness (QED) is 0.840. The molecule has 22 heavy (non-hydrogen) atoms. The van der Waals surface area contributed by atoms with Gasteiger partial charge in [0.25, 0.3) is 0 Å². The minimum Gasteiger partial charge on any atom is -0.347 e. The van der Waals surface area contributed by atoms with E-state index in [-0.39, 0.29) is 17.9 Å². The zero-order valence-electron chi connectivity index (χ0n) is 12.3. The van der Waals surface area contributed by atoms with Crippen LogP contribution in [0.2, 0.25) is 8.67 Å². The highest BCUT2D eigenvalue weighted by atomic mass is 35.5. The van der Waals surface area contributed by atoms with Gasteiger partial charge in [0.05, 0.1) is 14.7 Å². The van der Waals surface area contributed by atoms with Gasteiger partial charge in [-0.1, -0.05) is 30.1 Å². The largest absolute Gasteiger partial charge is 0.347 e. The van der Waals surface area contributed by atoms with Gasteiger partial charge in [-0.2, -0.15) is 15.0 Å². The molecule has 2 rings (SSSR count). The highest BCUT2D eigenvalue weighted by Crippen LogP contribution is 2.37. The van der Waals surface area contributed by atoms with Crippen LogP contribution in [0.5, 0.6) is 0 Å². The molecule has 0 bridgehead atoms. The Kier molecular flexibility index (Phi) is 5.55. The van der Waals surface area contributed by atoms with E-state index in [1.54, 1.807) is 6.92 Å². The summed E-state index contributed by atoms with van der Waals surface area (Å²) in [4.78, 5) is 23.6. The molecule has 0 aliphatic rings. The Hall–Kier alpha value is -1.44. The number of rotatable bonds is 5. The van der Waals surface area contributed by atoms with Gasteiger partial charge < -0.3 is 5.32 Å². The number of nitrogens with one attached hydrogen (secondary N) is 2. The number of carbonyl (C=O) groups excluding carboxylic acids is 1. The van der Waals surface area contributed by atoms with E-state index >= 15 is 0 Å². The number of hydrogen-bond donors (Lipinski definition) is 2. The van der Waals surface area contributed by atoms with Gasteiger partial charge in [-0.05, 0) is 19.4 Å². The maximum Gasteiger partial charge on any atom is 0.234 e. The fourth-order valence-electron chi connectivity index (χ4n) is 1.91. The van der Waals surface area contributed by atoms with Crippen LogP contribution in [0.4, 0.5) is 11.9 Å². The molecule has 2 N–H and O–H groups in total. The van der Waals surface area contributed by atoms with Crippen molar-refractivity contribution in [2.75, 3.05) is 10.6 Å². The number of halogens is 2. The maximum atomic E-state index is 11.1. The molecule has 0 saturated carbocycles. The predicted octanol–water partition coefficient (Wildman–Crippen LogP) is 4.07. The monoisotopic (exact) mass is 359 g/mol. The van der Waals surface area contributed by atoms with Crippen LogP contribution in [0.15, 0.2) is 6.07 Å². The molecular formula is C13H15Cl2N5OS. The van der Waals surface area contributed by atoms with Gasteiger partial charge in [-0.25, -0.2) is 0 Å². The van der Waals surface area contributed by atoms with Crippen LogP contribution in [0.1, 0.15) is 37.7 Å². The Bertz CT molecular complexity index is 691. The molecule has 0 saturated heterocycles. The Morgan fingerprint density at radius 2 is 2.00 bits per heavy atom. The van der Waals surface area contributed by atoms with Crippen LogP contribution in [-0.2, 0) is 4.79 Å². The fraction of sp³-hybridized carbons (Fsp3) is 0.385. The molecule has 2 heterocycles. The van der Waals surface area contributed by atoms with Crippen molar-refractivity contribution in [3.8, 4) is 0 Å². The molecule has 1 atom stereocenters. The minimum atomic E-state index is -0.240. The van der Waals surface area contributed by atoms with Crippen molar-refractivity contribution < 1.29 is 4.79 Å². The summed E-state index contributed by atoms with van der Waals surface area (Å²) in [5, 5.41) is 5.75. The second kappa shape index (κ2) is 7.21. The molecule has 0 spiro atoms. The Labute approximate surface area is 142 Å². The molecule has 2 aromatic heterocycles. The molecule has 1 amide bonds. The summed E-state index contributed by atoms with van der Waals surface area (Å²) in [6.45, 7) is 5.14. The summed E-state index contributed by atoms with van der Waals surface area (Å²) in [5.74, 6) is 0.857. The molecule has 0 radical (unpaired) electrons. The summed E-state index contributed by atoms with van der Waals surface area (Å²) < 4.78 is 1.27. The Balaban J connectivity index is 2.26. The number of aromatic nitrogens is 3. The fourth-order valence-corrected chi connectivity index (χ4v) is 3.49. The van der Waals surface area contributed by atoms with E-state index in [9.17, 15) is 4.79 Å². The van der Waals surface area contributed by atoms with E-state index in [0.29, 0.717) is 20.4 Å². The van der Waals surface area contributed by atoms with Gasteiger partial charge in [0.2, 0.25) is 17.8 Å². The lowest BCUT2D eigenvalue weighted by molar-refractivity contribution is -0.114. The molecule has 118 valence electrons. The van der Waals surface area contributed by atoms with E-state index in [0.717, 1.165) is 12.0 Å². The maximum absolute atomic E-state index is 11.1. The first kappa shape index (κ1) is 16.9. The summed E-state index contributed by atoms with van der Waals surface area (Å²) in [7, 11) is 0. The Morgan fingerprint density at radius 3 is 2.55 bits per heavy atom. The van der Waals surface area contributed by atoms with Crippen molar-refractivity contribution >= 4 is 52.3 Å². The average molecular weight is 360 g/mol. The number of nitrogens with zero attached hydrogens (tertiary/aromatic N) is 3. The van der Waals surface area contributed by atoms with Crippen LogP contribution in [0.25, 0.3) is 0 Å². The van der Waals surface area contributed by atoms with E-state index in [1.807, 2.05) is 13.0 Å². The van der Waals surface area contributed by atoms with E-state index in [4.69, 9.17) is 23.2 Å². The number of anilines is 2. The molecule has 0 aliphatic heterocycles. The van der Waals surface area contributed by atoms with Gasteiger partial charge in [0.1, 0.15) is 5.82 Å². The molecule has 0 aromatic carbocycles.